The van der Waals surface area contributed by atoms with Gasteiger partial charge in [0, 0.05) is 0 Å². The zero-order valence-corrected chi connectivity index (χ0v) is 10.5. The van der Waals surface area contributed by atoms with Crippen LogP contribution in [0.15, 0.2) is 46.3 Å². The SMILES string of the molecule is COC(=O)C1=C(O)C(=Cc2cccc(O)c2)N=C1C. The molecule has 0 unspecified atom stereocenters. The van der Waals surface area contributed by atoms with Crippen molar-refractivity contribution in [1.82, 2.24) is 0 Å². The highest BCUT2D eigenvalue weighted by Gasteiger charge is 2.27. The Bertz CT molecular complexity index is 626. The predicted molar refractivity (Wildman–Crippen MR) is 70.9 cm³/mol. The highest BCUT2D eigenvalue weighted by atomic mass is 16.5. The second-order valence-electron chi connectivity index (χ2n) is 4.04. The van der Waals surface area contributed by atoms with Crippen LogP contribution >= 0.6 is 0 Å². The van der Waals surface area contributed by atoms with E-state index in [1.807, 2.05) is 0 Å². The molecule has 0 radical (unpaired) electrons. The lowest BCUT2D eigenvalue weighted by Crippen LogP contribution is -2.11. The Morgan fingerprint density at radius 3 is 2.74 bits per heavy atom. The van der Waals surface area contributed by atoms with Gasteiger partial charge in [0.1, 0.15) is 17.0 Å². The van der Waals surface area contributed by atoms with E-state index in [0.717, 1.165) is 0 Å². The van der Waals surface area contributed by atoms with Gasteiger partial charge >= 0.3 is 5.97 Å². The molecule has 1 aliphatic rings. The minimum absolute atomic E-state index is 0.0638. The minimum atomic E-state index is -0.627. The van der Waals surface area contributed by atoms with Gasteiger partial charge in [-0.1, -0.05) is 12.1 Å². The molecule has 1 aromatic rings. The molecular formula is C14H13NO4. The van der Waals surface area contributed by atoms with Gasteiger partial charge in [0.05, 0.1) is 12.8 Å². The Hall–Kier alpha value is -2.56. The van der Waals surface area contributed by atoms with E-state index >= 15 is 0 Å². The van der Waals surface area contributed by atoms with Crippen LogP contribution in [0.3, 0.4) is 0 Å². The van der Waals surface area contributed by atoms with Crippen molar-refractivity contribution in [2.45, 2.75) is 6.92 Å². The molecule has 19 heavy (non-hydrogen) atoms. The fourth-order valence-corrected chi connectivity index (χ4v) is 1.81. The van der Waals surface area contributed by atoms with Gasteiger partial charge in [-0.2, -0.15) is 0 Å². The molecule has 2 N–H and O–H groups in total. The van der Waals surface area contributed by atoms with E-state index in [1.54, 1.807) is 31.2 Å². The second kappa shape index (κ2) is 4.97. The first-order chi connectivity index (χ1) is 9.02. The number of aliphatic imine (C=N–C) groups is 1. The Labute approximate surface area is 110 Å². The molecule has 0 spiro atoms. The third kappa shape index (κ3) is 2.49. The lowest BCUT2D eigenvalue weighted by molar-refractivity contribution is -0.135. The number of aromatic hydroxyl groups is 1. The van der Waals surface area contributed by atoms with Crippen LogP contribution in [0.2, 0.25) is 0 Å². The van der Waals surface area contributed by atoms with Crippen LogP contribution in [0.4, 0.5) is 0 Å². The Morgan fingerprint density at radius 1 is 1.37 bits per heavy atom. The smallest absolute Gasteiger partial charge is 0.343 e. The molecule has 5 nitrogen and oxygen atoms in total. The number of phenolic OH excluding ortho intramolecular Hbond substituents is 1. The summed E-state index contributed by atoms with van der Waals surface area (Å²) in [6.45, 7) is 1.62. The Morgan fingerprint density at radius 2 is 2.11 bits per heavy atom. The Balaban J connectivity index is 2.43. The van der Waals surface area contributed by atoms with Gasteiger partial charge < -0.3 is 14.9 Å². The van der Waals surface area contributed by atoms with E-state index in [1.165, 1.54) is 13.2 Å². The third-order valence-electron chi connectivity index (χ3n) is 2.69. The summed E-state index contributed by atoms with van der Waals surface area (Å²) in [6, 6.07) is 6.50. The normalized spacial score (nSPS) is 16.7. The van der Waals surface area contributed by atoms with Gasteiger partial charge in [0.2, 0.25) is 0 Å². The lowest BCUT2D eigenvalue weighted by atomic mass is 10.1. The maximum atomic E-state index is 11.5. The third-order valence-corrected chi connectivity index (χ3v) is 2.69. The molecule has 1 aliphatic heterocycles. The van der Waals surface area contributed by atoms with E-state index in [9.17, 15) is 15.0 Å². The molecule has 0 aliphatic carbocycles. The van der Waals surface area contributed by atoms with Gasteiger partial charge in [-0.25, -0.2) is 9.79 Å². The lowest BCUT2D eigenvalue weighted by Gasteiger charge is -2.00. The summed E-state index contributed by atoms with van der Waals surface area (Å²) in [5.41, 5.74) is 1.40. The summed E-state index contributed by atoms with van der Waals surface area (Å²) in [5, 5.41) is 19.4. The van der Waals surface area contributed by atoms with E-state index in [4.69, 9.17) is 0 Å². The number of aliphatic hydroxyl groups excluding tert-OH is 1. The number of aliphatic hydroxyl groups is 1. The van der Waals surface area contributed by atoms with Gasteiger partial charge in [-0.15, -0.1) is 0 Å². The van der Waals surface area contributed by atoms with Gasteiger partial charge in [0.15, 0.2) is 5.76 Å². The molecule has 1 heterocycles. The zero-order valence-electron chi connectivity index (χ0n) is 10.5. The standard InChI is InChI=1S/C14H13NO4/c1-8-12(14(18)19-2)13(17)11(15-8)7-9-4-3-5-10(16)6-9/h3-7,16-17H,1-2H3. The average Bonchev–Trinajstić information content (AvgIpc) is 2.64. The van der Waals surface area contributed by atoms with E-state index < -0.39 is 5.97 Å². The first-order valence-corrected chi connectivity index (χ1v) is 5.61. The van der Waals surface area contributed by atoms with Crippen LogP contribution in [0.25, 0.3) is 6.08 Å². The van der Waals surface area contributed by atoms with Gasteiger partial charge in [-0.05, 0) is 30.7 Å². The molecule has 0 amide bonds. The summed E-state index contributed by atoms with van der Waals surface area (Å²) in [4.78, 5) is 15.6. The number of rotatable bonds is 2. The molecule has 2 rings (SSSR count). The monoisotopic (exact) mass is 259 g/mol. The van der Waals surface area contributed by atoms with Gasteiger partial charge in [-0.3, -0.25) is 0 Å². The maximum Gasteiger partial charge on any atom is 0.343 e. The largest absolute Gasteiger partial charge is 0.508 e. The summed E-state index contributed by atoms with van der Waals surface area (Å²) in [5.74, 6) is -0.726. The van der Waals surface area contributed by atoms with Crippen molar-refractivity contribution in [3.05, 3.63) is 46.9 Å². The minimum Gasteiger partial charge on any atom is -0.508 e. The molecule has 0 bridgehead atoms. The van der Waals surface area contributed by atoms with E-state index in [-0.39, 0.29) is 22.8 Å². The van der Waals surface area contributed by atoms with E-state index in [2.05, 4.69) is 9.73 Å². The summed E-state index contributed by atoms with van der Waals surface area (Å²) in [6.07, 6.45) is 1.58. The van der Waals surface area contributed by atoms with E-state index in [0.29, 0.717) is 11.3 Å². The molecule has 0 atom stereocenters. The molecule has 0 aromatic heterocycles. The average molecular weight is 259 g/mol. The number of hydrogen-bond donors (Lipinski definition) is 2. The van der Waals surface area contributed by atoms with Crippen LogP contribution in [-0.4, -0.2) is 29.0 Å². The van der Waals surface area contributed by atoms with Crippen molar-refractivity contribution in [3.63, 3.8) is 0 Å². The molecule has 0 fully saturated rings. The van der Waals surface area contributed by atoms with Crippen molar-refractivity contribution in [1.29, 1.82) is 0 Å². The highest BCUT2D eigenvalue weighted by molar-refractivity contribution is 6.21. The number of carbonyl (C=O) groups is 1. The van der Waals surface area contributed by atoms with Crippen molar-refractivity contribution < 1.29 is 19.7 Å². The van der Waals surface area contributed by atoms with Crippen molar-refractivity contribution in [3.8, 4) is 5.75 Å². The second-order valence-corrected chi connectivity index (χ2v) is 4.04. The number of benzene rings is 1. The number of methoxy groups -OCH3 is 1. The summed E-state index contributed by atoms with van der Waals surface area (Å²) in [7, 11) is 1.24. The number of hydrogen-bond acceptors (Lipinski definition) is 5. The fraction of sp³-hybridized carbons (Fsp3) is 0.143. The van der Waals surface area contributed by atoms with Crippen LogP contribution in [0.1, 0.15) is 12.5 Å². The maximum absolute atomic E-state index is 11.5. The van der Waals surface area contributed by atoms with Crippen molar-refractivity contribution >= 4 is 17.8 Å². The molecule has 1 aromatic carbocycles. The van der Waals surface area contributed by atoms with Crippen LogP contribution in [-0.2, 0) is 9.53 Å². The van der Waals surface area contributed by atoms with Crippen molar-refractivity contribution in [2.75, 3.05) is 7.11 Å². The number of phenols is 1. The van der Waals surface area contributed by atoms with Crippen LogP contribution in [0.5, 0.6) is 5.75 Å². The molecule has 98 valence electrons. The predicted octanol–water partition coefficient (Wildman–Crippen LogP) is 2.19. The topological polar surface area (TPSA) is 79.1 Å². The van der Waals surface area contributed by atoms with Crippen LogP contribution in [0, 0.1) is 0 Å². The highest BCUT2D eigenvalue weighted by Crippen LogP contribution is 2.26. The number of nitrogens with zero attached hydrogens (tertiary/aromatic N) is 1. The number of esters is 1. The van der Waals surface area contributed by atoms with Crippen LogP contribution < -0.4 is 0 Å². The molecular weight excluding hydrogens is 246 g/mol. The van der Waals surface area contributed by atoms with Crippen molar-refractivity contribution in [2.24, 2.45) is 4.99 Å². The molecule has 5 heteroatoms. The Kier molecular flexibility index (Phi) is 3.37. The molecule has 0 saturated heterocycles. The summed E-state index contributed by atoms with van der Waals surface area (Å²) < 4.78 is 4.59. The quantitative estimate of drug-likeness (QED) is 0.798. The fourth-order valence-electron chi connectivity index (χ4n) is 1.81. The first kappa shape index (κ1) is 12.9. The number of carbonyl (C=O) groups excluding carboxylic acids is 1. The number of ether oxygens (including phenoxy) is 1. The first-order valence-electron chi connectivity index (χ1n) is 5.61. The molecule has 0 saturated carbocycles. The van der Waals surface area contributed by atoms with Gasteiger partial charge in [0.25, 0.3) is 0 Å². The summed E-state index contributed by atoms with van der Waals surface area (Å²) >= 11 is 0. The zero-order chi connectivity index (χ0) is 14.0.